The minimum absolute atomic E-state index is 0.185. The summed E-state index contributed by atoms with van der Waals surface area (Å²) >= 11 is 1.61. The molecule has 2 saturated heterocycles. The molecule has 3 aliphatic heterocycles. The molecule has 7 rings (SSSR count). The highest BCUT2D eigenvalue weighted by Gasteiger charge is 2.48. The predicted octanol–water partition coefficient (Wildman–Crippen LogP) is 5.28. The van der Waals surface area contributed by atoms with Gasteiger partial charge in [0.2, 0.25) is 5.66 Å². The summed E-state index contributed by atoms with van der Waals surface area (Å²) in [5, 5.41) is 14.7. The molecule has 0 bridgehead atoms. The molecule has 218 valence electrons. The molecule has 42 heavy (non-hydrogen) atoms. The van der Waals surface area contributed by atoms with Gasteiger partial charge in [0.1, 0.15) is 29.8 Å². The number of benzene rings is 1. The maximum absolute atomic E-state index is 6.28. The van der Waals surface area contributed by atoms with Crippen LogP contribution in [0, 0.1) is 6.92 Å². The Morgan fingerprint density at radius 1 is 1.10 bits per heavy atom. The minimum atomic E-state index is -0.935. The first-order chi connectivity index (χ1) is 20.6. The molecule has 0 spiro atoms. The number of rotatable bonds is 8. The molecule has 2 fully saturated rings. The van der Waals surface area contributed by atoms with E-state index < -0.39 is 5.66 Å². The molecule has 6 heterocycles. The van der Waals surface area contributed by atoms with Crippen molar-refractivity contribution in [3.63, 3.8) is 0 Å². The average Bonchev–Trinajstić information content (AvgIpc) is 3.76. The summed E-state index contributed by atoms with van der Waals surface area (Å²) in [5.74, 6) is 0.833. The zero-order chi connectivity index (χ0) is 28.5. The topological polar surface area (TPSA) is 92.2 Å². The van der Waals surface area contributed by atoms with Crippen molar-refractivity contribution in [2.75, 3.05) is 53.0 Å². The molecule has 1 aromatic carbocycles. The second kappa shape index (κ2) is 11.6. The first-order valence-corrected chi connectivity index (χ1v) is 15.6. The Morgan fingerprint density at radius 2 is 1.95 bits per heavy atom. The number of likely N-dealkylation sites (N-methyl/N-ethyl adjacent to an activating group) is 1. The first-order valence-electron chi connectivity index (χ1n) is 14.8. The molecule has 3 aromatic heterocycles. The molecule has 3 aliphatic rings. The lowest BCUT2D eigenvalue weighted by molar-refractivity contribution is -0.0305. The van der Waals surface area contributed by atoms with Crippen molar-refractivity contribution in [1.29, 1.82) is 0 Å². The molecule has 0 N–H and O–H groups in total. The highest BCUT2D eigenvalue weighted by Crippen LogP contribution is 2.49. The largest absolute Gasteiger partial charge is 0.492 e. The van der Waals surface area contributed by atoms with Gasteiger partial charge in [-0.1, -0.05) is 30.3 Å². The molecule has 2 atom stereocenters. The van der Waals surface area contributed by atoms with Crippen molar-refractivity contribution < 1.29 is 9.47 Å². The SMILES string of the molecule is Cc1nn2ccc(OCCN3CCN(C)CC3)cc2c1-c1nc(-c2ccccc2)c(C2(C3CCCCO3)N=CN=N2)s1. The Labute approximate surface area is 249 Å². The van der Waals surface area contributed by atoms with E-state index in [-0.39, 0.29) is 6.10 Å². The molecule has 0 saturated carbocycles. The maximum Gasteiger partial charge on any atom is 0.234 e. The van der Waals surface area contributed by atoms with E-state index in [2.05, 4.69) is 40.2 Å². The second-order valence-corrected chi connectivity index (χ2v) is 12.2. The Balaban J connectivity index is 1.25. The van der Waals surface area contributed by atoms with Crippen LogP contribution < -0.4 is 4.74 Å². The van der Waals surface area contributed by atoms with Crippen LogP contribution >= 0.6 is 11.3 Å². The van der Waals surface area contributed by atoms with Crippen molar-refractivity contribution in [2.45, 2.75) is 38.0 Å². The van der Waals surface area contributed by atoms with Crippen LogP contribution in [0.15, 0.2) is 63.9 Å². The number of thiazole rings is 1. The molecule has 0 radical (unpaired) electrons. The fourth-order valence-corrected chi connectivity index (χ4v) is 7.36. The molecular formula is C31H36N8O2S. The van der Waals surface area contributed by atoms with Crippen molar-refractivity contribution >= 4 is 23.2 Å². The van der Waals surface area contributed by atoms with Crippen LogP contribution in [0.3, 0.4) is 0 Å². The zero-order valence-electron chi connectivity index (χ0n) is 24.1. The summed E-state index contributed by atoms with van der Waals surface area (Å²) < 4.78 is 14.4. The highest BCUT2D eigenvalue weighted by molar-refractivity contribution is 7.15. The zero-order valence-corrected chi connectivity index (χ0v) is 25.0. The van der Waals surface area contributed by atoms with E-state index in [1.54, 1.807) is 17.7 Å². The Morgan fingerprint density at radius 3 is 2.71 bits per heavy atom. The van der Waals surface area contributed by atoms with Crippen molar-refractivity contribution in [2.24, 2.45) is 15.2 Å². The summed E-state index contributed by atoms with van der Waals surface area (Å²) in [7, 11) is 2.18. The van der Waals surface area contributed by atoms with Gasteiger partial charge in [-0.2, -0.15) is 5.10 Å². The van der Waals surface area contributed by atoms with Crippen molar-refractivity contribution in [3.05, 3.63) is 59.2 Å². The number of fused-ring (bicyclic) bond motifs is 1. The number of nitrogens with zero attached hydrogens (tertiary/aromatic N) is 8. The number of piperazine rings is 1. The number of hydrogen-bond acceptors (Lipinski definition) is 10. The van der Waals surface area contributed by atoms with E-state index in [4.69, 9.17) is 29.7 Å². The summed E-state index contributed by atoms with van der Waals surface area (Å²) in [6.07, 6.45) is 6.34. The molecule has 0 aliphatic carbocycles. The number of hydrogen-bond donors (Lipinski definition) is 0. The van der Waals surface area contributed by atoms with Gasteiger partial charge in [0.25, 0.3) is 0 Å². The number of ether oxygens (including phenoxy) is 2. The highest BCUT2D eigenvalue weighted by atomic mass is 32.1. The Kier molecular flexibility index (Phi) is 7.57. The Bertz CT molecular complexity index is 1590. The fourth-order valence-electron chi connectivity index (χ4n) is 6.04. The molecule has 0 amide bonds. The van der Waals surface area contributed by atoms with E-state index in [0.717, 1.165) is 95.7 Å². The van der Waals surface area contributed by atoms with E-state index >= 15 is 0 Å². The third kappa shape index (κ3) is 5.15. The lowest BCUT2D eigenvalue weighted by Crippen LogP contribution is -2.45. The van der Waals surface area contributed by atoms with Gasteiger partial charge < -0.3 is 14.4 Å². The van der Waals surface area contributed by atoms with Crippen molar-refractivity contribution in [3.8, 4) is 27.6 Å². The van der Waals surface area contributed by atoms with Crippen LogP contribution in [-0.4, -0.2) is 89.8 Å². The molecular weight excluding hydrogens is 548 g/mol. The van der Waals surface area contributed by atoms with Gasteiger partial charge in [-0.3, -0.25) is 4.90 Å². The van der Waals surface area contributed by atoms with Gasteiger partial charge in [0.05, 0.1) is 27.3 Å². The summed E-state index contributed by atoms with van der Waals surface area (Å²) in [4.78, 5) is 15.9. The van der Waals surface area contributed by atoms with Gasteiger partial charge in [-0.25, -0.2) is 14.5 Å². The Hall–Kier alpha value is -3.51. The van der Waals surface area contributed by atoms with Gasteiger partial charge in [-0.05, 0) is 39.3 Å². The summed E-state index contributed by atoms with van der Waals surface area (Å²) in [6.45, 7) is 8.67. The number of aliphatic imine (C=N–C) groups is 1. The van der Waals surface area contributed by atoms with E-state index in [0.29, 0.717) is 13.2 Å². The first kappa shape index (κ1) is 27.3. The van der Waals surface area contributed by atoms with Gasteiger partial charge in [0.15, 0.2) is 0 Å². The van der Waals surface area contributed by atoms with Crippen LogP contribution in [0.1, 0.15) is 29.8 Å². The second-order valence-electron chi connectivity index (χ2n) is 11.3. The third-order valence-corrected chi connectivity index (χ3v) is 9.61. The predicted molar refractivity (Wildman–Crippen MR) is 165 cm³/mol. The fraction of sp³-hybridized carbons (Fsp3) is 0.452. The quantitative estimate of drug-likeness (QED) is 0.280. The molecule has 4 aromatic rings. The monoisotopic (exact) mass is 584 g/mol. The number of azo groups is 1. The molecule has 2 unspecified atom stereocenters. The maximum atomic E-state index is 6.28. The lowest BCUT2D eigenvalue weighted by Gasteiger charge is -2.33. The van der Waals surface area contributed by atoms with Gasteiger partial charge in [-0.15, -0.1) is 21.6 Å². The van der Waals surface area contributed by atoms with E-state index in [9.17, 15) is 0 Å². The normalized spacial score (nSPS) is 23.2. The van der Waals surface area contributed by atoms with Crippen LogP contribution in [0.2, 0.25) is 0 Å². The minimum Gasteiger partial charge on any atom is -0.492 e. The van der Waals surface area contributed by atoms with E-state index in [1.165, 1.54) is 0 Å². The standard InChI is InChI=1S/C31H36N8O2S/c1-22-27(25-20-24(11-12-39(25)35-22)40-19-17-38-15-13-37(2)14-16-38)30-34-28(23-8-4-3-5-9-23)29(42-30)31(32-21-33-36-31)26-10-6-7-18-41-26/h3-5,8-9,11-12,20-21,26H,6-7,10,13-19H2,1-2H3. The van der Waals surface area contributed by atoms with E-state index in [1.807, 2.05) is 41.9 Å². The number of pyridine rings is 1. The number of aryl methyl sites for hydroxylation is 1. The van der Waals surface area contributed by atoms with Crippen LogP contribution in [0.25, 0.3) is 27.3 Å². The summed E-state index contributed by atoms with van der Waals surface area (Å²) in [5.41, 5.74) is 3.81. The smallest absolute Gasteiger partial charge is 0.234 e. The average molecular weight is 585 g/mol. The molecule has 10 nitrogen and oxygen atoms in total. The van der Waals surface area contributed by atoms with Gasteiger partial charge in [0, 0.05) is 57.2 Å². The third-order valence-electron chi connectivity index (χ3n) is 8.42. The van der Waals surface area contributed by atoms with Crippen LogP contribution in [0.4, 0.5) is 0 Å². The van der Waals surface area contributed by atoms with Crippen LogP contribution in [0.5, 0.6) is 5.75 Å². The summed E-state index contributed by atoms with van der Waals surface area (Å²) in [6, 6.07) is 14.3. The lowest BCUT2D eigenvalue weighted by atomic mass is 9.93. The van der Waals surface area contributed by atoms with Crippen LogP contribution in [-0.2, 0) is 10.4 Å². The number of aromatic nitrogens is 3. The molecule has 11 heteroatoms. The van der Waals surface area contributed by atoms with Crippen molar-refractivity contribution in [1.82, 2.24) is 24.4 Å². The van der Waals surface area contributed by atoms with Gasteiger partial charge >= 0.3 is 0 Å².